The summed E-state index contributed by atoms with van der Waals surface area (Å²) in [5.41, 5.74) is 1.35. The van der Waals surface area contributed by atoms with Crippen LogP contribution in [-0.4, -0.2) is 54.5 Å². The zero-order chi connectivity index (χ0) is 13.8. The summed E-state index contributed by atoms with van der Waals surface area (Å²) < 4.78 is 0. The molecule has 1 aromatic carbocycles. The molecule has 4 nitrogen and oxygen atoms in total. The Labute approximate surface area is 132 Å². The van der Waals surface area contributed by atoms with E-state index in [1.165, 1.54) is 5.56 Å². The molecule has 1 N–H and O–H groups in total. The molecule has 116 valence electrons. The van der Waals surface area contributed by atoms with Gasteiger partial charge in [-0.2, -0.15) is 0 Å². The van der Waals surface area contributed by atoms with Crippen molar-refractivity contribution in [1.82, 2.24) is 15.1 Å². The number of halogens is 1. The summed E-state index contributed by atoms with van der Waals surface area (Å²) in [6.45, 7) is 5.67. The number of hydrogen-bond acceptors (Lipinski definition) is 3. The fraction of sp³-hybridized carbons (Fsp3) is 0.562. The lowest BCUT2D eigenvalue weighted by molar-refractivity contribution is -0.134. The van der Waals surface area contributed by atoms with Gasteiger partial charge in [0.1, 0.15) is 0 Å². The van der Waals surface area contributed by atoms with Crippen molar-refractivity contribution >= 4 is 18.3 Å². The Bertz CT molecular complexity index is 440. The molecule has 0 bridgehead atoms. The molecule has 0 radical (unpaired) electrons. The predicted octanol–water partition coefficient (Wildman–Crippen LogP) is 1.50. The van der Waals surface area contributed by atoms with E-state index in [0.29, 0.717) is 5.91 Å². The minimum Gasteiger partial charge on any atom is -0.339 e. The van der Waals surface area contributed by atoms with Gasteiger partial charge in [0.15, 0.2) is 0 Å². The van der Waals surface area contributed by atoms with Gasteiger partial charge >= 0.3 is 0 Å². The van der Waals surface area contributed by atoms with Crippen LogP contribution in [0.5, 0.6) is 0 Å². The third-order valence-electron chi connectivity index (χ3n) is 4.29. The van der Waals surface area contributed by atoms with E-state index in [9.17, 15) is 4.79 Å². The Balaban J connectivity index is 0.00000161. The number of carbonyl (C=O) groups excluding carboxylic acids is 1. The Hall–Kier alpha value is -1.10. The smallest absolute Gasteiger partial charge is 0.239 e. The van der Waals surface area contributed by atoms with E-state index in [1.54, 1.807) is 0 Å². The summed E-state index contributed by atoms with van der Waals surface area (Å²) in [6.07, 6.45) is 2.13. The molecule has 1 unspecified atom stereocenters. The maximum atomic E-state index is 12.3. The molecular weight excluding hydrogens is 286 g/mol. The van der Waals surface area contributed by atoms with Crippen LogP contribution in [0.2, 0.25) is 0 Å². The second-order valence-corrected chi connectivity index (χ2v) is 5.74. The summed E-state index contributed by atoms with van der Waals surface area (Å²) in [5, 5.41) is 3.30. The zero-order valence-corrected chi connectivity index (χ0v) is 13.1. The SMILES string of the molecule is Cl.O=C(C1CCCN1)N1CCN(Cc2ccccc2)CC1. The maximum Gasteiger partial charge on any atom is 0.239 e. The first-order chi connectivity index (χ1) is 9.83. The molecule has 3 rings (SSSR count). The molecule has 1 atom stereocenters. The van der Waals surface area contributed by atoms with Crippen LogP contribution in [0.1, 0.15) is 18.4 Å². The van der Waals surface area contributed by atoms with E-state index in [1.807, 2.05) is 4.90 Å². The van der Waals surface area contributed by atoms with Crippen LogP contribution in [0.3, 0.4) is 0 Å². The van der Waals surface area contributed by atoms with Crippen LogP contribution in [0.25, 0.3) is 0 Å². The number of carbonyl (C=O) groups is 1. The summed E-state index contributed by atoms with van der Waals surface area (Å²) in [7, 11) is 0. The highest BCUT2D eigenvalue weighted by Gasteiger charge is 2.28. The summed E-state index contributed by atoms with van der Waals surface area (Å²) in [6, 6.07) is 10.6. The number of nitrogens with zero attached hydrogens (tertiary/aromatic N) is 2. The first-order valence-electron chi connectivity index (χ1n) is 7.61. The van der Waals surface area contributed by atoms with Crippen molar-refractivity contribution < 1.29 is 4.79 Å². The minimum atomic E-state index is 0. The number of rotatable bonds is 3. The van der Waals surface area contributed by atoms with Gasteiger partial charge in [-0.3, -0.25) is 9.69 Å². The van der Waals surface area contributed by atoms with E-state index in [-0.39, 0.29) is 18.4 Å². The lowest BCUT2D eigenvalue weighted by Crippen LogP contribution is -2.52. The predicted molar refractivity (Wildman–Crippen MR) is 86.6 cm³/mol. The van der Waals surface area contributed by atoms with Gasteiger partial charge in [0.05, 0.1) is 6.04 Å². The van der Waals surface area contributed by atoms with Gasteiger partial charge in [-0.1, -0.05) is 30.3 Å². The highest BCUT2D eigenvalue weighted by molar-refractivity contribution is 5.85. The Morgan fingerprint density at radius 1 is 1.14 bits per heavy atom. The summed E-state index contributed by atoms with van der Waals surface area (Å²) >= 11 is 0. The second kappa shape index (κ2) is 7.78. The van der Waals surface area contributed by atoms with Gasteiger partial charge in [0.25, 0.3) is 0 Å². The first kappa shape index (κ1) is 16.3. The largest absolute Gasteiger partial charge is 0.339 e. The molecule has 0 aromatic heterocycles. The van der Waals surface area contributed by atoms with Crippen LogP contribution in [0.4, 0.5) is 0 Å². The maximum absolute atomic E-state index is 12.3. The average molecular weight is 310 g/mol. The molecule has 0 saturated carbocycles. The summed E-state index contributed by atoms with van der Waals surface area (Å²) in [4.78, 5) is 16.8. The van der Waals surface area contributed by atoms with Gasteiger partial charge in [0.2, 0.25) is 5.91 Å². The van der Waals surface area contributed by atoms with E-state index in [2.05, 4.69) is 40.5 Å². The molecule has 21 heavy (non-hydrogen) atoms. The topological polar surface area (TPSA) is 35.6 Å². The van der Waals surface area contributed by atoms with Crippen molar-refractivity contribution in [1.29, 1.82) is 0 Å². The van der Waals surface area contributed by atoms with Gasteiger partial charge in [-0.15, -0.1) is 12.4 Å². The van der Waals surface area contributed by atoms with Gasteiger partial charge < -0.3 is 10.2 Å². The monoisotopic (exact) mass is 309 g/mol. The number of amides is 1. The van der Waals surface area contributed by atoms with Crippen molar-refractivity contribution in [3.8, 4) is 0 Å². The molecule has 2 fully saturated rings. The summed E-state index contributed by atoms with van der Waals surface area (Å²) in [5.74, 6) is 0.307. The standard InChI is InChI=1S/C16H23N3O.ClH/c20-16(15-7-4-8-17-15)19-11-9-18(10-12-19)13-14-5-2-1-3-6-14;/h1-3,5-6,15,17H,4,7-13H2;1H. The molecule has 0 aliphatic carbocycles. The number of piperazine rings is 1. The van der Waals surface area contributed by atoms with Gasteiger partial charge in [-0.25, -0.2) is 0 Å². The third kappa shape index (κ3) is 4.19. The zero-order valence-electron chi connectivity index (χ0n) is 12.3. The molecule has 2 saturated heterocycles. The van der Waals surface area contributed by atoms with E-state index >= 15 is 0 Å². The van der Waals surface area contributed by atoms with Gasteiger partial charge in [0, 0.05) is 32.7 Å². The van der Waals surface area contributed by atoms with Crippen molar-refractivity contribution in [2.75, 3.05) is 32.7 Å². The van der Waals surface area contributed by atoms with Crippen molar-refractivity contribution in [3.63, 3.8) is 0 Å². The number of benzene rings is 1. The third-order valence-corrected chi connectivity index (χ3v) is 4.29. The molecule has 2 aliphatic heterocycles. The van der Waals surface area contributed by atoms with E-state index in [0.717, 1.165) is 52.1 Å². The Kier molecular flexibility index (Phi) is 6.03. The van der Waals surface area contributed by atoms with E-state index < -0.39 is 0 Å². The molecule has 1 aromatic rings. The molecule has 5 heteroatoms. The molecule has 1 amide bonds. The number of nitrogens with one attached hydrogen (secondary N) is 1. The Morgan fingerprint density at radius 3 is 2.48 bits per heavy atom. The highest BCUT2D eigenvalue weighted by atomic mass is 35.5. The van der Waals surface area contributed by atoms with Crippen molar-refractivity contribution in [3.05, 3.63) is 35.9 Å². The fourth-order valence-electron chi connectivity index (χ4n) is 3.08. The first-order valence-corrected chi connectivity index (χ1v) is 7.61. The molecule has 2 heterocycles. The second-order valence-electron chi connectivity index (χ2n) is 5.74. The lowest BCUT2D eigenvalue weighted by atomic mass is 10.1. The van der Waals surface area contributed by atoms with Crippen LogP contribution < -0.4 is 5.32 Å². The van der Waals surface area contributed by atoms with Crippen LogP contribution in [-0.2, 0) is 11.3 Å². The molecule has 0 spiro atoms. The van der Waals surface area contributed by atoms with Crippen molar-refractivity contribution in [2.24, 2.45) is 0 Å². The highest BCUT2D eigenvalue weighted by Crippen LogP contribution is 2.12. The lowest BCUT2D eigenvalue weighted by Gasteiger charge is -2.36. The van der Waals surface area contributed by atoms with Gasteiger partial charge in [-0.05, 0) is 24.9 Å². The molecule has 2 aliphatic rings. The molecular formula is C16H24ClN3O. The minimum absolute atomic E-state index is 0. The average Bonchev–Trinajstić information content (AvgIpc) is 3.03. The van der Waals surface area contributed by atoms with Crippen molar-refractivity contribution in [2.45, 2.75) is 25.4 Å². The van der Waals surface area contributed by atoms with Crippen LogP contribution in [0.15, 0.2) is 30.3 Å². The van der Waals surface area contributed by atoms with Crippen LogP contribution in [0, 0.1) is 0 Å². The quantitative estimate of drug-likeness (QED) is 0.919. The number of hydrogen-bond donors (Lipinski definition) is 1. The van der Waals surface area contributed by atoms with E-state index in [4.69, 9.17) is 0 Å². The fourth-order valence-corrected chi connectivity index (χ4v) is 3.08. The Morgan fingerprint density at radius 2 is 1.86 bits per heavy atom. The normalized spacial score (nSPS) is 22.9. The van der Waals surface area contributed by atoms with Crippen LogP contribution >= 0.6 is 12.4 Å².